The number of halogens is 2. The van der Waals surface area contributed by atoms with Gasteiger partial charge in [0, 0.05) is 13.1 Å². The van der Waals surface area contributed by atoms with E-state index in [2.05, 4.69) is 20.7 Å². The van der Waals surface area contributed by atoms with Gasteiger partial charge in [-0.2, -0.15) is 12.7 Å². The number of benzene rings is 1. The molecule has 1 atom stereocenters. The number of nitrogens with two attached hydrogens (primary N) is 1. The third-order valence-electron chi connectivity index (χ3n) is 3.32. The van der Waals surface area contributed by atoms with E-state index in [0.717, 1.165) is 12.8 Å². The minimum atomic E-state index is -3.62. The van der Waals surface area contributed by atoms with Crippen LogP contribution in [-0.4, -0.2) is 32.4 Å². The number of hydrogen-bond acceptors (Lipinski definition) is 3. The Morgan fingerprint density at radius 1 is 1.50 bits per heavy atom. The number of rotatable bonds is 4. The molecule has 0 aromatic heterocycles. The Kier molecular flexibility index (Phi) is 5.00. The van der Waals surface area contributed by atoms with Gasteiger partial charge in [-0.1, -0.05) is 0 Å². The zero-order valence-electron chi connectivity index (χ0n) is 10.9. The van der Waals surface area contributed by atoms with Gasteiger partial charge in [0.25, 0.3) is 0 Å². The van der Waals surface area contributed by atoms with Crippen molar-refractivity contribution in [3.63, 3.8) is 0 Å². The van der Waals surface area contributed by atoms with Crippen LogP contribution in [0.1, 0.15) is 12.8 Å². The van der Waals surface area contributed by atoms with Gasteiger partial charge in [-0.25, -0.2) is 4.39 Å². The lowest BCUT2D eigenvalue weighted by atomic mass is 10.0. The van der Waals surface area contributed by atoms with Crippen LogP contribution in [0.5, 0.6) is 0 Å². The molecule has 1 aliphatic heterocycles. The fourth-order valence-electron chi connectivity index (χ4n) is 2.21. The van der Waals surface area contributed by atoms with Gasteiger partial charge in [0.15, 0.2) is 0 Å². The molecule has 20 heavy (non-hydrogen) atoms. The maximum atomic E-state index is 13.1. The summed E-state index contributed by atoms with van der Waals surface area (Å²) in [6, 6.07) is 4.00. The predicted molar refractivity (Wildman–Crippen MR) is 80.0 cm³/mol. The summed E-state index contributed by atoms with van der Waals surface area (Å²) >= 11 is 3.03. The fraction of sp³-hybridized carbons (Fsp3) is 0.500. The van der Waals surface area contributed by atoms with Crippen LogP contribution in [0.3, 0.4) is 0 Å². The highest BCUT2D eigenvalue weighted by molar-refractivity contribution is 9.10. The molecule has 0 aliphatic carbocycles. The van der Waals surface area contributed by atoms with Crippen LogP contribution in [0.2, 0.25) is 0 Å². The lowest BCUT2D eigenvalue weighted by Crippen LogP contribution is -2.44. The first kappa shape index (κ1) is 15.7. The number of hydrogen-bond donors (Lipinski definition) is 2. The maximum Gasteiger partial charge on any atom is 0.301 e. The van der Waals surface area contributed by atoms with Crippen molar-refractivity contribution in [1.82, 2.24) is 4.31 Å². The molecule has 0 radical (unpaired) electrons. The second-order valence-electron chi connectivity index (χ2n) is 4.84. The summed E-state index contributed by atoms with van der Waals surface area (Å²) in [5.74, 6) is -0.241. The summed E-state index contributed by atoms with van der Waals surface area (Å²) in [7, 11) is -3.62. The molecule has 0 bridgehead atoms. The molecule has 1 unspecified atom stereocenters. The lowest BCUT2D eigenvalue weighted by molar-refractivity contribution is 0.273. The van der Waals surface area contributed by atoms with Crippen LogP contribution in [0, 0.1) is 11.7 Å². The molecule has 0 spiro atoms. The van der Waals surface area contributed by atoms with E-state index < -0.39 is 16.0 Å². The molecule has 112 valence electrons. The molecular weight excluding hydrogens is 349 g/mol. The van der Waals surface area contributed by atoms with E-state index in [1.165, 1.54) is 22.5 Å². The standard InChI is InChI=1S/C12H17BrFN3O2S/c13-11-6-10(3-4-12(11)14)16-20(18,19)17-5-1-2-9(7-15)8-17/h3-4,6,9,16H,1-2,5,7-8,15H2. The summed E-state index contributed by atoms with van der Waals surface area (Å²) in [6.07, 6.45) is 1.75. The third kappa shape index (κ3) is 3.69. The Labute approximate surface area is 126 Å². The predicted octanol–water partition coefficient (Wildman–Crippen LogP) is 1.92. The maximum absolute atomic E-state index is 13.1. The van der Waals surface area contributed by atoms with E-state index in [-0.39, 0.29) is 10.4 Å². The molecule has 2 rings (SSSR count). The Balaban J connectivity index is 2.12. The summed E-state index contributed by atoms with van der Waals surface area (Å²) < 4.78 is 41.8. The Bertz CT molecular complexity index is 582. The van der Waals surface area contributed by atoms with Crippen molar-refractivity contribution in [1.29, 1.82) is 0 Å². The molecule has 1 aromatic rings. The monoisotopic (exact) mass is 365 g/mol. The Morgan fingerprint density at radius 3 is 2.90 bits per heavy atom. The van der Waals surface area contributed by atoms with Crippen LogP contribution in [-0.2, 0) is 10.2 Å². The average Bonchev–Trinajstić information content (AvgIpc) is 2.43. The van der Waals surface area contributed by atoms with E-state index >= 15 is 0 Å². The summed E-state index contributed by atoms with van der Waals surface area (Å²) in [6.45, 7) is 1.39. The fourth-order valence-corrected chi connectivity index (χ4v) is 3.92. The van der Waals surface area contributed by atoms with E-state index in [0.29, 0.717) is 25.3 Å². The van der Waals surface area contributed by atoms with Crippen LogP contribution >= 0.6 is 15.9 Å². The van der Waals surface area contributed by atoms with Gasteiger partial charge >= 0.3 is 10.2 Å². The molecule has 1 fully saturated rings. The number of nitrogens with zero attached hydrogens (tertiary/aromatic N) is 1. The second kappa shape index (κ2) is 6.38. The largest absolute Gasteiger partial charge is 0.330 e. The summed E-state index contributed by atoms with van der Waals surface area (Å²) in [5, 5.41) is 0. The van der Waals surface area contributed by atoms with Gasteiger partial charge in [-0.15, -0.1) is 0 Å². The highest BCUT2D eigenvalue weighted by atomic mass is 79.9. The molecule has 1 aromatic carbocycles. The lowest BCUT2D eigenvalue weighted by Gasteiger charge is -2.31. The molecule has 3 N–H and O–H groups in total. The number of nitrogens with one attached hydrogen (secondary N) is 1. The number of piperidine rings is 1. The van der Waals surface area contributed by atoms with Crippen LogP contribution in [0.15, 0.2) is 22.7 Å². The summed E-state index contributed by atoms with van der Waals surface area (Å²) in [4.78, 5) is 0. The van der Waals surface area contributed by atoms with Crippen molar-refractivity contribution in [3.05, 3.63) is 28.5 Å². The molecule has 0 amide bonds. The van der Waals surface area contributed by atoms with Crippen LogP contribution in [0.4, 0.5) is 10.1 Å². The Hall–Kier alpha value is -0.700. The SMILES string of the molecule is NCC1CCCN(S(=O)(=O)Nc2ccc(F)c(Br)c2)C1. The third-order valence-corrected chi connectivity index (χ3v) is 5.43. The van der Waals surface area contributed by atoms with E-state index in [9.17, 15) is 12.8 Å². The quantitative estimate of drug-likeness (QED) is 0.855. The zero-order valence-corrected chi connectivity index (χ0v) is 13.3. The number of anilines is 1. The first-order chi connectivity index (χ1) is 9.42. The molecular formula is C12H17BrFN3O2S. The smallest absolute Gasteiger partial charge is 0.301 e. The van der Waals surface area contributed by atoms with Crippen molar-refractivity contribution in [3.8, 4) is 0 Å². The molecule has 1 heterocycles. The first-order valence-corrected chi connectivity index (χ1v) is 8.58. The first-order valence-electron chi connectivity index (χ1n) is 6.35. The van der Waals surface area contributed by atoms with Crippen LogP contribution in [0.25, 0.3) is 0 Å². The molecule has 8 heteroatoms. The van der Waals surface area contributed by atoms with Crippen molar-refractivity contribution in [2.75, 3.05) is 24.4 Å². The van der Waals surface area contributed by atoms with Gasteiger partial charge in [-0.3, -0.25) is 4.72 Å². The minimum absolute atomic E-state index is 0.195. The average molecular weight is 366 g/mol. The van der Waals surface area contributed by atoms with Crippen molar-refractivity contribution >= 4 is 31.8 Å². The Morgan fingerprint density at radius 2 is 2.25 bits per heavy atom. The van der Waals surface area contributed by atoms with Crippen LogP contribution < -0.4 is 10.5 Å². The van der Waals surface area contributed by atoms with Gasteiger partial charge in [0.1, 0.15) is 5.82 Å². The highest BCUT2D eigenvalue weighted by Crippen LogP contribution is 2.23. The van der Waals surface area contributed by atoms with E-state index in [1.54, 1.807) is 0 Å². The highest BCUT2D eigenvalue weighted by Gasteiger charge is 2.28. The summed E-state index contributed by atoms with van der Waals surface area (Å²) in [5.41, 5.74) is 5.94. The van der Waals surface area contributed by atoms with Gasteiger partial charge in [-0.05, 0) is 59.4 Å². The normalized spacial score (nSPS) is 20.9. The molecule has 0 saturated carbocycles. The zero-order chi connectivity index (χ0) is 14.8. The molecule has 1 saturated heterocycles. The second-order valence-corrected chi connectivity index (χ2v) is 7.36. The van der Waals surface area contributed by atoms with Crippen molar-refractivity contribution in [2.45, 2.75) is 12.8 Å². The minimum Gasteiger partial charge on any atom is -0.330 e. The van der Waals surface area contributed by atoms with Crippen molar-refractivity contribution < 1.29 is 12.8 Å². The van der Waals surface area contributed by atoms with Gasteiger partial charge < -0.3 is 5.73 Å². The van der Waals surface area contributed by atoms with E-state index in [4.69, 9.17) is 5.73 Å². The van der Waals surface area contributed by atoms with Crippen molar-refractivity contribution in [2.24, 2.45) is 11.7 Å². The topological polar surface area (TPSA) is 75.4 Å². The van der Waals surface area contributed by atoms with Gasteiger partial charge in [0.2, 0.25) is 0 Å². The molecule has 5 nitrogen and oxygen atoms in total. The van der Waals surface area contributed by atoms with E-state index in [1.807, 2.05) is 0 Å². The molecule has 1 aliphatic rings. The van der Waals surface area contributed by atoms with Gasteiger partial charge in [0.05, 0.1) is 10.2 Å².